The lowest BCUT2D eigenvalue weighted by atomic mass is 10.1. The maximum atomic E-state index is 3.72. The average molecular weight is 291 g/mol. The van der Waals surface area contributed by atoms with E-state index in [9.17, 15) is 0 Å². The number of hydrogen-bond acceptors (Lipinski definition) is 3. The van der Waals surface area contributed by atoms with E-state index in [1.54, 1.807) is 10.4 Å². The van der Waals surface area contributed by atoms with Crippen LogP contribution in [-0.2, 0) is 12.8 Å². The summed E-state index contributed by atoms with van der Waals surface area (Å²) in [5.74, 6) is 0. The molecule has 0 saturated heterocycles. The van der Waals surface area contributed by atoms with Crippen molar-refractivity contribution >= 4 is 22.7 Å². The van der Waals surface area contributed by atoms with Crippen molar-refractivity contribution in [3.8, 4) is 0 Å². The zero-order valence-electron chi connectivity index (χ0n) is 11.7. The Hall–Kier alpha value is -0.640. The molecule has 1 aliphatic rings. The molecular formula is C16H21NS2. The van der Waals surface area contributed by atoms with E-state index in [-0.39, 0.29) is 0 Å². The van der Waals surface area contributed by atoms with Gasteiger partial charge in [-0.3, -0.25) is 0 Å². The van der Waals surface area contributed by atoms with E-state index in [1.807, 2.05) is 22.7 Å². The quantitative estimate of drug-likeness (QED) is 0.842. The van der Waals surface area contributed by atoms with Gasteiger partial charge in [-0.15, -0.1) is 22.7 Å². The van der Waals surface area contributed by atoms with Gasteiger partial charge in [0.15, 0.2) is 0 Å². The number of nitrogens with one attached hydrogen (secondary N) is 1. The first kappa shape index (κ1) is 13.3. The Morgan fingerprint density at radius 1 is 1.32 bits per heavy atom. The molecule has 1 unspecified atom stereocenters. The SMILES string of the molecule is CCCNC(c1csc(C)c1)c1cc2c(s1)CCC2. The minimum absolute atomic E-state index is 0.403. The van der Waals surface area contributed by atoms with Gasteiger partial charge in [0.2, 0.25) is 0 Å². The summed E-state index contributed by atoms with van der Waals surface area (Å²) in [6.45, 7) is 5.51. The first-order valence-corrected chi connectivity index (χ1v) is 8.87. The lowest BCUT2D eigenvalue weighted by Crippen LogP contribution is -2.21. The summed E-state index contributed by atoms with van der Waals surface area (Å²) < 4.78 is 0. The van der Waals surface area contributed by atoms with Crippen molar-refractivity contribution in [1.82, 2.24) is 5.32 Å². The standard InChI is InChI=1S/C16H21NS2/c1-3-7-17-16(13-8-11(2)18-10-13)15-9-12-5-4-6-14(12)19-15/h8-10,16-17H,3-7H2,1-2H3. The molecule has 3 rings (SSSR count). The molecule has 2 aromatic heterocycles. The van der Waals surface area contributed by atoms with E-state index in [4.69, 9.17) is 0 Å². The second-order valence-corrected chi connectivity index (χ2v) is 7.61. The van der Waals surface area contributed by atoms with Crippen LogP contribution in [0.1, 0.15) is 51.6 Å². The van der Waals surface area contributed by atoms with Gasteiger partial charge in [-0.25, -0.2) is 0 Å². The third-order valence-electron chi connectivity index (χ3n) is 3.73. The van der Waals surface area contributed by atoms with Gasteiger partial charge in [-0.2, -0.15) is 0 Å². The van der Waals surface area contributed by atoms with Crippen LogP contribution < -0.4 is 5.32 Å². The molecule has 0 aliphatic heterocycles. The number of thiophene rings is 2. The molecule has 1 aliphatic carbocycles. The van der Waals surface area contributed by atoms with Crippen molar-refractivity contribution in [3.63, 3.8) is 0 Å². The van der Waals surface area contributed by atoms with Gasteiger partial charge in [0, 0.05) is 14.6 Å². The van der Waals surface area contributed by atoms with Crippen LogP contribution in [0.4, 0.5) is 0 Å². The van der Waals surface area contributed by atoms with Crippen LogP contribution in [0.5, 0.6) is 0 Å². The van der Waals surface area contributed by atoms with E-state index in [2.05, 4.69) is 36.7 Å². The third-order valence-corrected chi connectivity index (χ3v) is 5.91. The fraction of sp³-hybridized carbons (Fsp3) is 0.500. The van der Waals surface area contributed by atoms with Crippen LogP contribution >= 0.6 is 22.7 Å². The molecule has 0 fully saturated rings. The monoisotopic (exact) mass is 291 g/mol. The Morgan fingerprint density at radius 2 is 2.21 bits per heavy atom. The van der Waals surface area contributed by atoms with Crippen molar-refractivity contribution in [1.29, 1.82) is 0 Å². The normalized spacial score (nSPS) is 15.7. The molecule has 2 aromatic rings. The van der Waals surface area contributed by atoms with Crippen LogP contribution in [-0.4, -0.2) is 6.54 Å². The predicted octanol–water partition coefficient (Wildman–Crippen LogP) is 4.70. The summed E-state index contributed by atoms with van der Waals surface area (Å²) in [5, 5.41) is 6.03. The molecule has 1 N–H and O–H groups in total. The van der Waals surface area contributed by atoms with Crippen LogP contribution in [0.15, 0.2) is 17.5 Å². The van der Waals surface area contributed by atoms with E-state index in [1.165, 1.54) is 41.0 Å². The topological polar surface area (TPSA) is 12.0 Å². The van der Waals surface area contributed by atoms with Gasteiger partial charge >= 0.3 is 0 Å². The second-order valence-electron chi connectivity index (χ2n) is 5.33. The van der Waals surface area contributed by atoms with Gasteiger partial charge < -0.3 is 5.32 Å². The molecule has 102 valence electrons. The minimum atomic E-state index is 0.403. The molecule has 0 spiro atoms. The van der Waals surface area contributed by atoms with Crippen molar-refractivity contribution in [2.75, 3.05) is 6.54 Å². The molecular weight excluding hydrogens is 270 g/mol. The van der Waals surface area contributed by atoms with Crippen LogP contribution in [0.2, 0.25) is 0 Å². The number of fused-ring (bicyclic) bond motifs is 1. The zero-order valence-corrected chi connectivity index (χ0v) is 13.3. The Balaban J connectivity index is 1.89. The highest BCUT2D eigenvalue weighted by atomic mass is 32.1. The van der Waals surface area contributed by atoms with Crippen molar-refractivity contribution < 1.29 is 0 Å². The highest BCUT2D eigenvalue weighted by molar-refractivity contribution is 7.12. The van der Waals surface area contributed by atoms with E-state index < -0.39 is 0 Å². The summed E-state index contributed by atoms with van der Waals surface area (Å²) in [5.41, 5.74) is 3.05. The van der Waals surface area contributed by atoms with Crippen LogP contribution in [0, 0.1) is 6.92 Å². The molecule has 0 bridgehead atoms. The van der Waals surface area contributed by atoms with Gasteiger partial charge in [-0.1, -0.05) is 6.92 Å². The fourth-order valence-electron chi connectivity index (χ4n) is 2.78. The maximum absolute atomic E-state index is 3.72. The van der Waals surface area contributed by atoms with Crippen molar-refractivity contribution in [2.24, 2.45) is 0 Å². The molecule has 0 saturated carbocycles. The Labute approximate surface area is 123 Å². The van der Waals surface area contributed by atoms with Crippen LogP contribution in [0.25, 0.3) is 0 Å². The molecule has 0 radical (unpaired) electrons. The molecule has 19 heavy (non-hydrogen) atoms. The summed E-state index contributed by atoms with van der Waals surface area (Å²) in [7, 11) is 0. The highest BCUT2D eigenvalue weighted by Gasteiger charge is 2.21. The molecule has 0 aromatic carbocycles. The Kier molecular flexibility index (Phi) is 4.06. The van der Waals surface area contributed by atoms with Crippen molar-refractivity contribution in [2.45, 2.75) is 45.6 Å². The molecule has 1 atom stereocenters. The molecule has 0 amide bonds. The molecule has 2 heterocycles. The fourth-order valence-corrected chi connectivity index (χ4v) is 4.87. The number of rotatable bonds is 5. The number of hydrogen-bond donors (Lipinski definition) is 1. The summed E-state index contributed by atoms with van der Waals surface area (Å²) in [4.78, 5) is 4.54. The first-order chi connectivity index (χ1) is 9.28. The summed E-state index contributed by atoms with van der Waals surface area (Å²) >= 11 is 3.88. The second kappa shape index (κ2) is 5.78. The zero-order chi connectivity index (χ0) is 13.2. The highest BCUT2D eigenvalue weighted by Crippen LogP contribution is 2.37. The lowest BCUT2D eigenvalue weighted by molar-refractivity contribution is 0.607. The smallest absolute Gasteiger partial charge is 0.0679 e. The Bertz CT molecular complexity index is 531. The minimum Gasteiger partial charge on any atom is -0.306 e. The van der Waals surface area contributed by atoms with Crippen LogP contribution in [0.3, 0.4) is 0 Å². The Morgan fingerprint density at radius 3 is 2.89 bits per heavy atom. The number of aryl methyl sites for hydroxylation is 3. The van der Waals surface area contributed by atoms with Gasteiger partial charge in [0.1, 0.15) is 0 Å². The van der Waals surface area contributed by atoms with Gasteiger partial charge in [0.25, 0.3) is 0 Å². The third kappa shape index (κ3) is 2.78. The van der Waals surface area contributed by atoms with E-state index >= 15 is 0 Å². The largest absolute Gasteiger partial charge is 0.306 e. The van der Waals surface area contributed by atoms with Crippen molar-refractivity contribution in [3.05, 3.63) is 43.3 Å². The predicted molar refractivity (Wildman–Crippen MR) is 85.5 cm³/mol. The maximum Gasteiger partial charge on any atom is 0.0679 e. The molecule has 1 nitrogen and oxygen atoms in total. The van der Waals surface area contributed by atoms with Gasteiger partial charge in [0.05, 0.1) is 6.04 Å². The first-order valence-electron chi connectivity index (χ1n) is 7.18. The molecule has 3 heteroatoms. The average Bonchev–Trinajstić information content (AvgIpc) is 3.05. The van der Waals surface area contributed by atoms with E-state index in [0.717, 1.165) is 6.54 Å². The lowest BCUT2D eigenvalue weighted by Gasteiger charge is -2.16. The summed E-state index contributed by atoms with van der Waals surface area (Å²) in [6.07, 6.45) is 5.12. The van der Waals surface area contributed by atoms with Gasteiger partial charge in [-0.05, 0) is 67.8 Å². The summed E-state index contributed by atoms with van der Waals surface area (Å²) in [6, 6.07) is 5.19. The van der Waals surface area contributed by atoms with E-state index in [0.29, 0.717) is 6.04 Å².